The van der Waals surface area contributed by atoms with Crippen LogP contribution in [0.4, 0.5) is 0 Å². The van der Waals surface area contributed by atoms with Crippen molar-refractivity contribution in [2.45, 2.75) is 39.3 Å². The van der Waals surface area contributed by atoms with Crippen molar-refractivity contribution in [3.63, 3.8) is 0 Å². The molecule has 3 nitrogen and oxygen atoms in total. The summed E-state index contributed by atoms with van der Waals surface area (Å²) in [6, 6.07) is 17.1. The van der Waals surface area contributed by atoms with E-state index in [1.807, 2.05) is 0 Å². The third-order valence-electron chi connectivity index (χ3n) is 4.63. The molecule has 1 fully saturated rings. The summed E-state index contributed by atoms with van der Waals surface area (Å²) in [5, 5.41) is 0. The van der Waals surface area contributed by atoms with Gasteiger partial charge in [-0.05, 0) is 34.2 Å². The largest absolute Gasteiger partial charge is 0.489 e. The zero-order valence-electron chi connectivity index (χ0n) is 15.6. The zero-order chi connectivity index (χ0) is 17.7. The highest BCUT2D eigenvalue weighted by Gasteiger charge is 2.13. The molecule has 3 heteroatoms. The first-order chi connectivity index (χ1) is 12.0. The fourth-order valence-corrected chi connectivity index (χ4v) is 3.05. The second-order valence-corrected chi connectivity index (χ2v) is 7.77. The van der Waals surface area contributed by atoms with Crippen LogP contribution in [0.5, 0.6) is 5.75 Å². The highest BCUT2D eigenvalue weighted by molar-refractivity contribution is 5.31. The van der Waals surface area contributed by atoms with Crippen LogP contribution < -0.4 is 4.74 Å². The average Bonchev–Trinajstić information content (AvgIpc) is 2.61. The van der Waals surface area contributed by atoms with E-state index in [4.69, 9.17) is 9.47 Å². The van der Waals surface area contributed by atoms with Gasteiger partial charge in [0.2, 0.25) is 0 Å². The molecule has 1 aliphatic heterocycles. The van der Waals surface area contributed by atoms with E-state index in [1.54, 1.807) is 0 Å². The minimum atomic E-state index is 0.173. The molecule has 2 aromatic rings. The molecule has 1 aliphatic rings. The summed E-state index contributed by atoms with van der Waals surface area (Å²) in [7, 11) is 0. The summed E-state index contributed by atoms with van der Waals surface area (Å²) in [6.45, 7) is 12.0. The van der Waals surface area contributed by atoms with Gasteiger partial charge < -0.3 is 9.47 Å². The maximum atomic E-state index is 5.97. The van der Waals surface area contributed by atoms with Crippen LogP contribution in [0, 0.1) is 0 Å². The number of hydrogen-bond acceptors (Lipinski definition) is 3. The first-order valence-corrected chi connectivity index (χ1v) is 9.12. The molecule has 3 rings (SSSR count). The summed E-state index contributed by atoms with van der Waals surface area (Å²) >= 11 is 0. The summed E-state index contributed by atoms with van der Waals surface area (Å²) < 4.78 is 11.4. The van der Waals surface area contributed by atoms with Gasteiger partial charge in [0.25, 0.3) is 0 Å². The third-order valence-corrected chi connectivity index (χ3v) is 4.63. The lowest BCUT2D eigenvalue weighted by atomic mass is 9.87. The van der Waals surface area contributed by atoms with Gasteiger partial charge in [-0.2, -0.15) is 0 Å². The lowest BCUT2D eigenvalue weighted by molar-refractivity contribution is 0.0342. The Kier molecular flexibility index (Phi) is 5.77. The van der Waals surface area contributed by atoms with Gasteiger partial charge >= 0.3 is 0 Å². The van der Waals surface area contributed by atoms with E-state index in [0.29, 0.717) is 6.61 Å². The van der Waals surface area contributed by atoms with E-state index in [-0.39, 0.29) is 5.41 Å². The third kappa shape index (κ3) is 5.32. The van der Waals surface area contributed by atoms with Crippen molar-refractivity contribution in [2.24, 2.45) is 0 Å². The van der Waals surface area contributed by atoms with Gasteiger partial charge in [0.1, 0.15) is 12.4 Å². The molecule has 0 aromatic heterocycles. The quantitative estimate of drug-likeness (QED) is 0.806. The Hall–Kier alpha value is -1.84. The molecule has 25 heavy (non-hydrogen) atoms. The molecule has 134 valence electrons. The Labute approximate surface area is 151 Å². The van der Waals surface area contributed by atoms with Crippen LogP contribution in [-0.2, 0) is 23.3 Å². The highest BCUT2D eigenvalue weighted by atomic mass is 16.5. The molecule has 0 saturated carbocycles. The van der Waals surface area contributed by atoms with Crippen LogP contribution >= 0.6 is 0 Å². The second kappa shape index (κ2) is 8.03. The summed E-state index contributed by atoms with van der Waals surface area (Å²) in [5.74, 6) is 0.923. The van der Waals surface area contributed by atoms with Gasteiger partial charge in [0, 0.05) is 19.6 Å². The van der Waals surface area contributed by atoms with Gasteiger partial charge in [0.05, 0.1) is 13.2 Å². The first kappa shape index (κ1) is 18.0. The fourth-order valence-electron chi connectivity index (χ4n) is 3.05. The molecule has 0 unspecified atom stereocenters. The molecular weight excluding hydrogens is 310 g/mol. The maximum absolute atomic E-state index is 5.97. The minimum absolute atomic E-state index is 0.173. The normalized spacial score (nSPS) is 16.0. The topological polar surface area (TPSA) is 21.7 Å². The number of morpholine rings is 1. The van der Waals surface area contributed by atoms with Crippen LogP contribution in [0.3, 0.4) is 0 Å². The van der Waals surface area contributed by atoms with E-state index in [1.165, 1.54) is 16.7 Å². The van der Waals surface area contributed by atoms with Gasteiger partial charge in [-0.1, -0.05) is 57.2 Å². The van der Waals surface area contributed by atoms with E-state index in [2.05, 4.69) is 74.2 Å². The molecule has 0 spiro atoms. The molecule has 0 bridgehead atoms. The Balaban J connectivity index is 1.56. The van der Waals surface area contributed by atoms with E-state index >= 15 is 0 Å². The zero-order valence-corrected chi connectivity index (χ0v) is 15.6. The Morgan fingerprint density at radius 1 is 0.960 bits per heavy atom. The lowest BCUT2D eigenvalue weighted by Crippen LogP contribution is -2.35. The van der Waals surface area contributed by atoms with Crippen molar-refractivity contribution in [2.75, 3.05) is 26.3 Å². The Morgan fingerprint density at radius 3 is 2.32 bits per heavy atom. The standard InChI is InChI=1S/C22H29NO2/c1-22(2,3)20-7-9-21(10-8-20)25-17-19-6-4-5-18(15-19)16-23-11-13-24-14-12-23/h4-10,15H,11-14,16-17H2,1-3H3. The molecule has 0 aliphatic carbocycles. The first-order valence-electron chi connectivity index (χ1n) is 9.12. The van der Waals surface area contributed by atoms with Crippen molar-refractivity contribution < 1.29 is 9.47 Å². The fraction of sp³-hybridized carbons (Fsp3) is 0.455. The smallest absolute Gasteiger partial charge is 0.119 e. The Morgan fingerprint density at radius 2 is 1.64 bits per heavy atom. The van der Waals surface area contributed by atoms with Crippen molar-refractivity contribution in [1.82, 2.24) is 4.90 Å². The average molecular weight is 339 g/mol. The number of rotatable bonds is 5. The van der Waals surface area contributed by atoms with Gasteiger partial charge in [0.15, 0.2) is 0 Å². The van der Waals surface area contributed by atoms with E-state index in [0.717, 1.165) is 38.6 Å². The van der Waals surface area contributed by atoms with Gasteiger partial charge in [-0.25, -0.2) is 0 Å². The minimum Gasteiger partial charge on any atom is -0.489 e. The predicted octanol–water partition coefficient (Wildman–Crippen LogP) is 4.40. The van der Waals surface area contributed by atoms with E-state index in [9.17, 15) is 0 Å². The molecule has 0 amide bonds. The number of ether oxygens (including phenoxy) is 2. The molecule has 1 heterocycles. The van der Waals surface area contributed by atoms with Crippen LogP contribution in [0.25, 0.3) is 0 Å². The molecule has 1 saturated heterocycles. The Bertz CT molecular complexity index is 667. The molecule has 0 N–H and O–H groups in total. The molecule has 0 radical (unpaired) electrons. The van der Waals surface area contributed by atoms with Crippen LogP contribution in [-0.4, -0.2) is 31.2 Å². The highest BCUT2D eigenvalue weighted by Crippen LogP contribution is 2.24. The van der Waals surface area contributed by atoms with Crippen molar-refractivity contribution in [3.05, 3.63) is 65.2 Å². The number of hydrogen-bond donors (Lipinski definition) is 0. The monoisotopic (exact) mass is 339 g/mol. The van der Waals surface area contributed by atoms with Crippen LogP contribution in [0.1, 0.15) is 37.5 Å². The van der Waals surface area contributed by atoms with Crippen LogP contribution in [0.15, 0.2) is 48.5 Å². The van der Waals surface area contributed by atoms with E-state index < -0.39 is 0 Å². The van der Waals surface area contributed by atoms with Gasteiger partial charge in [-0.3, -0.25) is 4.90 Å². The number of nitrogens with zero attached hydrogens (tertiary/aromatic N) is 1. The number of benzene rings is 2. The van der Waals surface area contributed by atoms with Crippen LogP contribution in [0.2, 0.25) is 0 Å². The molecule has 0 atom stereocenters. The maximum Gasteiger partial charge on any atom is 0.119 e. The second-order valence-electron chi connectivity index (χ2n) is 7.77. The van der Waals surface area contributed by atoms with Crippen molar-refractivity contribution >= 4 is 0 Å². The lowest BCUT2D eigenvalue weighted by Gasteiger charge is -2.26. The molecule has 2 aromatic carbocycles. The van der Waals surface area contributed by atoms with Crippen molar-refractivity contribution in [1.29, 1.82) is 0 Å². The van der Waals surface area contributed by atoms with Crippen molar-refractivity contribution in [3.8, 4) is 5.75 Å². The molecular formula is C22H29NO2. The summed E-state index contributed by atoms with van der Waals surface area (Å²) in [5.41, 5.74) is 4.05. The SMILES string of the molecule is CC(C)(C)c1ccc(OCc2cccc(CN3CCOCC3)c2)cc1. The predicted molar refractivity (Wildman–Crippen MR) is 102 cm³/mol. The summed E-state index contributed by atoms with van der Waals surface area (Å²) in [4.78, 5) is 2.44. The summed E-state index contributed by atoms with van der Waals surface area (Å²) in [6.07, 6.45) is 0. The van der Waals surface area contributed by atoms with Gasteiger partial charge in [-0.15, -0.1) is 0 Å².